The summed E-state index contributed by atoms with van der Waals surface area (Å²) in [4.78, 5) is 26.3. The van der Waals surface area contributed by atoms with Gasteiger partial charge < -0.3 is 15.5 Å². The van der Waals surface area contributed by atoms with E-state index in [4.69, 9.17) is 0 Å². The van der Waals surface area contributed by atoms with E-state index in [9.17, 15) is 9.59 Å². The molecule has 2 amide bonds. The molecule has 3 aromatic rings. The van der Waals surface area contributed by atoms with Crippen molar-refractivity contribution in [2.24, 2.45) is 0 Å². The van der Waals surface area contributed by atoms with Gasteiger partial charge in [-0.05, 0) is 21.9 Å². The van der Waals surface area contributed by atoms with Gasteiger partial charge in [-0.25, -0.2) is 0 Å². The van der Waals surface area contributed by atoms with Crippen molar-refractivity contribution in [2.75, 3.05) is 19.6 Å². The van der Waals surface area contributed by atoms with Crippen molar-refractivity contribution in [1.29, 1.82) is 0 Å². The second-order valence-corrected chi connectivity index (χ2v) is 8.27. The molecule has 0 aliphatic carbocycles. The van der Waals surface area contributed by atoms with Crippen molar-refractivity contribution in [3.8, 4) is 0 Å². The van der Waals surface area contributed by atoms with E-state index in [1.165, 1.54) is 31.5 Å². The molecule has 0 unspecified atom stereocenters. The van der Waals surface area contributed by atoms with Crippen molar-refractivity contribution in [2.45, 2.75) is 32.4 Å². The zero-order valence-electron chi connectivity index (χ0n) is 17.8. The summed E-state index contributed by atoms with van der Waals surface area (Å²) in [6.07, 6.45) is 2.86. The van der Waals surface area contributed by atoms with Crippen molar-refractivity contribution in [3.63, 3.8) is 0 Å². The Labute approximate surface area is 183 Å². The van der Waals surface area contributed by atoms with Gasteiger partial charge in [0.25, 0.3) is 0 Å². The number of hydrogen-bond acceptors (Lipinski definition) is 2. The fourth-order valence-corrected chi connectivity index (χ4v) is 4.34. The van der Waals surface area contributed by atoms with Crippen molar-refractivity contribution in [3.05, 3.63) is 83.4 Å². The summed E-state index contributed by atoms with van der Waals surface area (Å²) < 4.78 is 0. The van der Waals surface area contributed by atoms with Crippen LogP contribution < -0.4 is 15.5 Å². The van der Waals surface area contributed by atoms with Crippen LogP contribution in [-0.4, -0.2) is 31.4 Å². The monoisotopic (exact) mass is 416 g/mol. The summed E-state index contributed by atoms with van der Waals surface area (Å²) in [5, 5.41) is 7.88. The third-order valence-electron chi connectivity index (χ3n) is 6.02. The molecule has 31 heavy (non-hydrogen) atoms. The van der Waals surface area contributed by atoms with Gasteiger partial charge in [0, 0.05) is 24.9 Å². The second-order valence-electron chi connectivity index (χ2n) is 8.27. The van der Waals surface area contributed by atoms with E-state index in [0.717, 1.165) is 28.4 Å². The number of quaternary nitrogens is 1. The zero-order valence-corrected chi connectivity index (χ0v) is 17.8. The lowest BCUT2D eigenvalue weighted by Gasteiger charge is -2.15. The van der Waals surface area contributed by atoms with Gasteiger partial charge in [0.15, 0.2) is 0 Å². The number of rotatable bonds is 8. The van der Waals surface area contributed by atoms with Crippen LogP contribution in [0.5, 0.6) is 0 Å². The van der Waals surface area contributed by atoms with E-state index in [-0.39, 0.29) is 24.8 Å². The molecule has 3 aromatic carbocycles. The van der Waals surface area contributed by atoms with Crippen molar-refractivity contribution < 1.29 is 14.5 Å². The first-order valence-electron chi connectivity index (χ1n) is 11.1. The normalized spacial score (nSPS) is 13.9. The van der Waals surface area contributed by atoms with Crippen LogP contribution in [0.1, 0.15) is 29.5 Å². The average Bonchev–Trinajstić information content (AvgIpc) is 3.30. The van der Waals surface area contributed by atoms with Crippen molar-refractivity contribution in [1.82, 2.24) is 10.6 Å². The van der Waals surface area contributed by atoms with E-state index in [1.807, 2.05) is 48.5 Å². The Morgan fingerprint density at radius 1 is 0.742 bits per heavy atom. The van der Waals surface area contributed by atoms with E-state index < -0.39 is 0 Å². The van der Waals surface area contributed by atoms with Crippen LogP contribution in [0.2, 0.25) is 0 Å². The molecule has 1 fully saturated rings. The van der Waals surface area contributed by atoms with Crippen molar-refractivity contribution >= 4 is 22.6 Å². The lowest BCUT2D eigenvalue weighted by molar-refractivity contribution is -0.901. The van der Waals surface area contributed by atoms with Gasteiger partial charge in [-0.1, -0.05) is 66.7 Å². The number of nitrogens with one attached hydrogen (secondary N) is 3. The molecule has 0 bridgehead atoms. The predicted molar refractivity (Wildman–Crippen MR) is 123 cm³/mol. The van der Waals surface area contributed by atoms with E-state index in [2.05, 4.69) is 28.8 Å². The summed E-state index contributed by atoms with van der Waals surface area (Å²) in [7, 11) is 0. The molecule has 0 atom stereocenters. The molecule has 5 nitrogen and oxygen atoms in total. The highest BCUT2D eigenvalue weighted by Crippen LogP contribution is 2.18. The molecule has 4 rings (SSSR count). The molecule has 1 heterocycles. The largest absolute Gasteiger partial charge is 0.350 e. The quantitative estimate of drug-likeness (QED) is 0.526. The Kier molecular flexibility index (Phi) is 6.95. The average molecular weight is 417 g/mol. The van der Waals surface area contributed by atoms with Crippen LogP contribution in [-0.2, 0) is 29.1 Å². The minimum absolute atomic E-state index is 0.0108. The van der Waals surface area contributed by atoms with Crippen LogP contribution in [0.4, 0.5) is 0 Å². The Morgan fingerprint density at radius 3 is 2.26 bits per heavy atom. The Morgan fingerprint density at radius 2 is 1.42 bits per heavy atom. The third kappa shape index (κ3) is 5.70. The van der Waals surface area contributed by atoms with Crippen LogP contribution in [0, 0.1) is 0 Å². The first-order valence-corrected chi connectivity index (χ1v) is 11.1. The summed E-state index contributed by atoms with van der Waals surface area (Å²) >= 11 is 0. The third-order valence-corrected chi connectivity index (χ3v) is 6.02. The van der Waals surface area contributed by atoms with Gasteiger partial charge in [-0.2, -0.15) is 0 Å². The second kappa shape index (κ2) is 10.2. The number of amides is 2. The zero-order chi connectivity index (χ0) is 21.5. The number of carbonyl (C=O) groups excluding carboxylic acids is 2. The highest BCUT2D eigenvalue weighted by Gasteiger charge is 2.17. The molecule has 1 aliphatic rings. The molecule has 0 saturated carbocycles. The van der Waals surface area contributed by atoms with Gasteiger partial charge in [0.2, 0.25) is 11.8 Å². The number of fused-ring (bicyclic) bond motifs is 1. The molecule has 0 radical (unpaired) electrons. The fourth-order valence-electron chi connectivity index (χ4n) is 4.34. The van der Waals surface area contributed by atoms with Crippen LogP contribution >= 0.6 is 0 Å². The first kappa shape index (κ1) is 21.1. The highest BCUT2D eigenvalue weighted by atomic mass is 16.2. The predicted octanol–water partition coefficient (Wildman–Crippen LogP) is 1.99. The maximum absolute atomic E-state index is 12.4. The maximum Gasteiger partial charge on any atom is 0.239 e. The summed E-state index contributed by atoms with van der Waals surface area (Å²) in [5.74, 6) is -0.320. The molecule has 3 N–H and O–H groups in total. The summed E-state index contributed by atoms with van der Waals surface area (Å²) in [6.45, 7) is 3.94. The molecule has 5 heteroatoms. The first-order chi connectivity index (χ1) is 15.2. The molecule has 0 aromatic heterocycles. The molecular weight excluding hydrogens is 386 g/mol. The van der Waals surface area contributed by atoms with Crippen LogP contribution in [0.3, 0.4) is 0 Å². The highest BCUT2D eigenvalue weighted by molar-refractivity contribution is 5.91. The molecular formula is C26H30N3O2+. The number of hydrogen-bond donors (Lipinski definition) is 3. The summed E-state index contributed by atoms with van der Waals surface area (Å²) in [5.41, 5.74) is 3.41. The van der Waals surface area contributed by atoms with E-state index in [0.29, 0.717) is 6.54 Å². The lowest BCUT2D eigenvalue weighted by atomic mass is 10.0. The summed E-state index contributed by atoms with van der Waals surface area (Å²) in [6, 6.07) is 22.3. The van der Waals surface area contributed by atoms with Gasteiger partial charge in [-0.3, -0.25) is 9.59 Å². The minimum Gasteiger partial charge on any atom is -0.350 e. The number of benzene rings is 3. The lowest BCUT2D eigenvalue weighted by Crippen LogP contribution is -3.08. The van der Waals surface area contributed by atoms with Gasteiger partial charge in [0.1, 0.15) is 6.54 Å². The standard InChI is InChI=1S/C26H29N3O2/c30-25(16-21-12-7-11-20-8-3-4-13-24(20)21)28-18-26(31)27-17-22-9-1-2-10-23(22)19-29-14-5-6-15-29/h1-4,7-13H,5-6,14-19H2,(H,27,31)(H,28,30)/p+1. The Balaban J connectivity index is 1.26. The van der Waals surface area contributed by atoms with Gasteiger partial charge >= 0.3 is 0 Å². The molecule has 160 valence electrons. The van der Waals surface area contributed by atoms with Crippen LogP contribution in [0.15, 0.2) is 66.7 Å². The minimum atomic E-state index is -0.172. The Hall–Kier alpha value is -3.18. The molecule has 0 spiro atoms. The van der Waals surface area contributed by atoms with E-state index >= 15 is 0 Å². The maximum atomic E-state index is 12.4. The van der Waals surface area contributed by atoms with Gasteiger partial charge in [-0.15, -0.1) is 0 Å². The SMILES string of the molecule is O=C(CNC(=O)Cc1cccc2ccccc12)NCc1ccccc1C[NH+]1CCCC1. The number of likely N-dealkylation sites (tertiary alicyclic amines) is 1. The number of carbonyl (C=O) groups is 2. The van der Waals surface area contributed by atoms with Crippen LogP contribution in [0.25, 0.3) is 10.8 Å². The Bertz CT molecular complexity index is 1050. The fraction of sp³-hybridized carbons (Fsp3) is 0.308. The van der Waals surface area contributed by atoms with Gasteiger partial charge in [0.05, 0.1) is 26.1 Å². The topological polar surface area (TPSA) is 62.6 Å². The van der Waals surface area contributed by atoms with E-state index in [1.54, 1.807) is 4.90 Å². The molecule has 1 saturated heterocycles. The smallest absolute Gasteiger partial charge is 0.239 e. The molecule has 1 aliphatic heterocycles.